The maximum absolute atomic E-state index is 13.6. The van der Waals surface area contributed by atoms with Crippen LogP contribution in [0.15, 0.2) is 36.4 Å². The zero-order valence-electron chi connectivity index (χ0n) is 14.6. The maximum atomic E-state index is 13.6. The molecule has 2 aromatic carbocycles. The monoisotopic (exact) mass is 374 g/mol. The van der Waals surface area contributed by atoms with Crippen molar-refractivity contribution in [3.05, 3.63) is 53.6 Å². The number of halogens is 2. The van der Waals surface area contributed by atoms with Gasteiger partial charge in [0.15, 0.2) is 6.10 Å². The van der Waals surface area contributed by atoms with Crippen LogP contribution in [0.4, 0.5) is 14.5 Å². The Kier molecular flexibility index (Phi) is 5.11. The van der Waals surface area contributed by atoms with Crippen molar-refractivity contribution in [1.29, 1.82) is 0 Å². The van der Waals surface area contributed by atoms with Gasteiger partial charge in [-0.1, -0.05) is 5.21 Å². The van der Waals surface area contributed by atoms with Crippen molar-refractivity contribution in [2.45, 2.75) is 26.5 Å². The molecular weight excluding hydrogens is 358 g/mol. The van der Waals surface area contributed by atoms with Gasteiger partial charge in [-0.3, -0.25) is 4.79 Å². The lowest BCUT2D eigenvalue weighted by molar-refractivity contribution is -0.123. The van der Waals surface area contributed by atoms with E-state index in [1.165, 1.54) is 19.1 Å². The molecule has 1 atom stereocenters. The molecule has 1 heterocycles. The van der Waals surface area contributed by atoms with Crippen molar-refractivity contribution in [3.8, 4) is 0 Å². The van der Waals surface area contributed by atoms with Crippen LogP contribution in [0.25, 0.3) is 11.0 Å². The van der Waals surface area contributed by atoms with E-state index >= 15 is 0 Å². The van der Waals surface area contributed by atoms with Crippen LogP contribution in [0, 0.1) is 11.6 Å². The average Bonchev–Trinajstić information content (AvgIpc) is 3.06. The van der Waals surface area contributed by atoms with Gasteiger partial charge in [-0.2, -0.15) is 0 Å². The van der Waals surface area contributed by atoms with Crippen molar-refractivity contribution in [1.82, 2.24) is 15.0 Å². The minimum absolute atomic E-state index is 0.197. The fourth-order valence-corrected chi connectivity index (χ4v) is 2.44. The summed E-state index contributed by atoms with van der Waals surface area (Å²) < 4.78 is 33.5. The summed E-state index contributed by atoms with van der Waals surface area (Å²) in [7, 11) is 0. The maximum Gasteiger partial charge on any atom is 0.338 e. The number of anilines is 1. The number of esters is 1. The molecule has 140 valence electrons. The van der Waals surface area contributed by atoms with Crippen LogP contribution in [-0.2, 0) is 16.1 Å². The highest BCUT2D eigenvalue weighted by atomic mass is 19.1. The normalized spacial score (nSPS) is 12.0. The van der Waals surface area contributed by atoms with Crippen molar-refractivity contribution >= 4 is 28.6 Å². The molecule has 7 nitrogen and oxygen atoms in total. The first-order chi connectivity index (χ1) is 12.9. The summed E-state index contributed by atoms with van der Waals surface area (Å²) in [6.07, 6.45) is -1.22. The molecule has 1 aromatic heterocycles. The van der Waals surface area contributed by atoms with Crippen LogP contribution in [0.5, 0.6) is 0 Å². The van der Waals surface area contributed by atoms with Crippen LogP contribution in [0.2, 0.25) is 0 Å². The van der Waals surface area contributed by atoms with Crippen molar-refractivity contribution in [2.75, 3.05) is 5.32 Å². The number of hydrogen-bond donors (Lipinski definition) is 1. The van der Waals surface area contributed by atoms with E-state index in [1.807, 2.05) is 6.92 Å². The lowest BCUT2D eigenvalue weighted by atomic mass is 10.2. The SMILES string of the molecule is CCn1nnc2cc(C(=O)O[C@@H](C)C(=O)Nc3cc(F)ccc3F)ccc21. The predicted octanol–water partition coefficient (Wildman–Crippen LogP) is 2.91. The topological polar surface area (TPSA) is 86.1 Å². The Morgan fingerprint density at radius 1 is 1.22 bits per heavy atom. The summed E-state index contributed by atoms with van der Waals surface area (Å²) in [5.41, 5.74) is 1.15. The number of aromatic nitrogens is 3. The highest BCUT2D eigenvalue weighted by molar-refractivity contribution is 5.98. The Hall–Kier alpha value is -3.36. The number of amides is 1. The molecule has 3 rings (SSSR count). The number of carbonyl (C=O) groups excluding carboxylic acids is 2. The van der Waals surface area contributed by atoms with Gasteiger partial charge in [0, 0.05) is 12.6 Å². The third-order valence-electron chi connectivity index (χ3n) is 3.89. The van der Waals surface area contributed by atoms with E-state index < -0.39 is 29.6 Å². The molecule has 27 heavy (non-hydrogen) atoms. The molecule has 0 radical (unpaired) electrons. The third kappa shape index (κ3) is 3.91. The second kappa shape index (κ2) is 7.48. The number of hydrogen-bond acceptors (Lipinski definition) is 5. The number of rotatable bonds is 5. The lowest BCUT2D eigenvalue weighted by Gasteiger charge is -2.14. The minimum atomic E-state index is -1.22. The number of aryl methyl sites for hydroxylation is 1. The van der Waals surface area contributed by atoms with Gasteiger partial charge < -0.3 is 10.1 Å². The van der Waals surface area contributed by atoms with E-state index in [-0.39, 0.29) is 11.3 Å². The summed E-state index contributed by atoms with van der Waals surface area (Å²) in [5, 5.41) is 10.1. The molecule has 9 heteroatoms. The predicted molar refractivity (Wildman–Crippen MR) is 93.1 cm³/mol. The van der Waals surface area contributed by atoms with E-state index in [0.29, 0.717) is 12.1 Å². The molecular formula is C18H16F2N4O3. The summed E-state index contributed by atoms with van der Waals surface area (Å²) in [4.78, 5) is 24.4. The molecule has 0 spiro atoms. The first-order valence-corrected chi connectivity index (χ1v) is 8.19. The Morgan fingerprint density at radius 2 is 2.00 bits per heavy atom. The second-order valence-electron chi connectivity index (χ2n) is 5.77. The van der Waals surface area contributed by atoms with E-state index in [2.05, 4.69) is 15.6 Å². The van der Waals surface area contributed by atoms with Crippen molar-refractivity contribution in [3.63, 3.8) is 0 Å². The zero-order chi connectivity index (χ0) is 19.6. The molecule has 0 aliphatic heterocycles. The number of fused-ring (bicyclic) bond motifs is 1. The quantitative estimate of drug-likeness (QED) is 0.694. The second-order valence-corrected chi connectivity index (χ2v) is 5.77. The molecule has 1 N–H and O–H groups in total. The molecule has 0 unspecified atom stereocenters. The van der Waals surface area contributed by atoms with E-state index in [0.717, 1.165) is 23.7 Å². The highest BCUT2D eigenvalue weighted by Gasteiger charge is 2.21. The zero-order valence-corrected chi connectivity index (χ0v) is 14.6. The van der Waals surface area contributed by atoms with Gasteiger partial charge in [-0.15, -0.1) is 5.10 Å². The Bertz CT molecular complexity index is 1020. The van der Waals surface area contributed by atoms with Crippen LogP contribution >= 0.6 is 0 Å². The number of nitrogens with zero attached hydrogens (tertiary/aromatic N) is 3. The van der Waals surface area contributed by atoms with Gasteiger partial charge in [0.2, 0.25) is 0 Å². The molecule has 1 amide bonds. The highest BCUT2D eigenvalue weighted by Crippen LogP contribution is 2.17. The van der Waals surface area contributed by atoms with Gasteiger partial charge in [-0.25, -0.2) is 18.3 Å². The van der Waals surface area contributed by atoms with Crippen LogP contribution < -0.4 is 5.32 Å². The van der Waals surface area contributed by atoms with Gasteiger partial charge in [0.05, 0.1) is 16.8 Å². The molecule has 0 bridgehead atoms. The standard InChI is InChI=1S/C18H16F2N4O3/c1-3-24-16-7-4-11(8-15(16)22-23-24)18(26)27-10(2)17(25)21-14-9-12(19)5-6-13(14)20/h4-10H,3H2,1-2H3,(H,21,25)/t10-/m0/s1. The van der Waals surface area contributed by atoms with Crippen LogP contribution in [0.3, 0.4) is 0 Å². The minimum Gasteiger partial charge on any atom is -0.449 e. The molecule has 0 saturated carbocycles. The van der Waals surface area contributed by atoms with Gasteiger partial charge in [-0.05, 0) is 44.2 Å². The Balaban J connectivity index is 1.69. The molecule has 0 saturated heterocycles. The van der Waals surface area contributed by atoms with Crippen molar-refractivity contribution < 1.29 is 23.1 Å². The first-order valence-electron chi connectivity index (χ1n) is 8.19. The Morgan fingerprint density at radius 3 is 2.74 bits per heavy atom. The fourth-order valence-electron chi connectivity index (χ4n) is 2.44. The van der Waals surface area contributed by atoms with Gasteiger partial charge in [0.1, 0.15) is 17.2 Å². The number of carbonyl (C=O) groups is 2. The average molecular weight is 374 g/mol. The van der Waals surface area contributed by atoms with Gasteiger partial charge in [0.25, 0.3) is 5.91 Å². The largest absolute Gasteiger partial charge is 0.449 e. The fraction of sp³-hybridized carbons (Fsp3) is 0.222. The number of ether oxygens (including phenoxy) is 1. The third-order valence-corrected chi connectivity index (χ3v) is 3.89. The number of benzene rings is 2. The molecule has 0 aliphatic carbocycles. The molecule has 0 aliphatic rings. The lowest BCUT2D eigenvalue weighted by Crippen LogP contribution is -2.30. The van der Waals surface area contributed by atoms with E-state index in [4.69, 9.17) is 4.74 Å². The van der Waals surface area contributed by atoms with E-state index in [1.54, 1.807) is 10.7 Å². The summed E-state index contributed by atoms with van der Waals surface area (Å²) in [5.74, 6) is -3.03. The molecule has 3 aromatic rings. The van der Waals surface area contributed by atoms with Gasteiger partial charge >= 0.3 is 5.97 Å². The summed E-state index contributed by atoms with van der Waals surface area (Å²) >= 11 is 0. The van der Waals surface area contributed by atoms with E-state index in [9.17, 15) is 18.4 Å². The van der Waals surface area contributed by atoms with Crippen LogP contribution in [0.1, 0.15) is 24.2 Å². The Labute approximate surface area is 152 Å². The first kappa shape index (κ1) is 18.4. The summed E-state index contributed by atoms with van der Waals surface area (Å²) in [6, 6.07) is 7.39. The molecule has 0 fully saturated rings. The number of nitrogens with one attached hydrogen (secondary N) is 1. The van der Waals surface area contributed by atoms with Crippen molar-refractivity contribution in [2.24, 2.45) is 0 Å². The van der Waals surface area contributed by atoms with Crippen LogP contribution in [-0.4, -0.2) is 33.0 Å². The smallest absolute Gasteiger partial charge is 0.338 e. The summed E-state index contributed by atoms with van der Waals surface area (Å²) in [6.45, 7) is 3.88.